The van der Waals surface area contributed by atoms with Crippen molar-refractivity contribution in [1.29, 1.82) is 0 Å². The van der Waals surface area contributed by atoms with Crippen LogP contribution in [0.25, 0.3) is 33.7 Å². The molecule has 0 saturated heterocycles. The fraction of sp³-hybridized carbons (Fsp3) is 0.385. The summed E-state index contributed by atoms with van der Waals surface area (Å²) in [6.45, 7) is 3.01. The van der Waals surface area contributed by atoms with E-state index in [4.69, 9.17) is 13.6 Å². The zero-order chi connectivity index (χ0) is 22.0. The molecule has 0 amide bonds. The van der Waals surface area contributed by atoms with Crippen molar-refractivity contribution in [2.45, 2.75) is 58.3 Å². The van der Waals surface area contributed by atoms with E-state index in [1.54, 1.807) is 11.3 Å². The van der Waals surface area contributed by atoms with Crippen LogP contribution in [0.2, 0.25) is 0 Å². The minimum atomic E-state index is 0.373. The number of benzene rings is 1. The summed E-state index contributed by atoms with van der Waals surface area (Å²) in [5, 5.41) is 10.3. The number of ether oxygens (including phenoxy) is 1. The molecule has 5 nitrogen and oxygen atoms in total. The van der Waals surface area contributed by atoms with Gasteiger partial charge in [0.05, 0.1) is 11.5 Å². The maximum absolute atomic E-state index is 5.87. The third-order valence-electron chi connectivity index (χ3n) is 5.37. The SMILES string of the molecule is CCCCCCCCCCOc1ccc(-c2nnc(-c3ccc(-c4cccs4)o3)o2)cc1. The smallest absolute Gasteiger partial charge is 0.283 e. The number of unbranched alkanes of at least 4 members (excludes halogenated alkanes) is 7. The molecule has 0 aliphatic rings. The Morgan fingerprint density at radius 1 is 0.750 bits per heavy atom. The van der Waals surface area contributed by atoms with Gasteiger partial charge in [0.25, 0.3) is 5.89 Å². The van der Waals surface area contributed by atoms with Crippen molar-refractivity contribution >= 4 is 11.3 Å². The normalized spacial score (nSPS) is 11.2. The van der Waals surface area contributed by atoms with Crippen LogP contribution < -0.4 is 4.74 Å². The molecule has 3 aromatic heterocycles. The Bertz CT molecular complexity index is 1050. The van der Waals surface area contributed by atoms with E-state index in [0.717, 1.165) is 35.0 Å². The quantitative estimate of drug-likeness (QED) is 0.192. The topological polar surface area (TPSA) is 61.3 Å². The van der Waals surface area contributed by atoms with Crippen molar-refractivity contribution in [2.75, 3.05) is 6.61 Å². The zero-order valence-electron chi connectivity index (χ0n) is 18.6. The molecular weight excluding hydrogens is 420 g/mol. The molecule has 6 heteroatoms. The Morgan fingerprint density at radius 2 is 1.47 bits per heavy atom. The summed E-state index contributed by atoms with van der Waals surface area (Å²) >= 11 is 1.63. The molecule has 0 N–H and O–H groups in total. The number of nitrogens with zero attached hydrogens (tertiary/aromatic N) is 2. The molecule has 3 heterocycles. The number of furan rings is 1. The molecular formula is C26H30N2O3S. The van der Waals surface area contributed by atoms with Crippen LogP contribution in [0.4, 0.5) is 0 Å². The first-order valence-corrected chi connectivity index (χ1v) is 12.4. The Labute approximate surface area is 193 Å². The van der Waals surface area contributed by atoms with Crippen LogP contribution in [-0.4, -0.2) is 16.8 Å². The Kier molecular flexibility index (Phi) is 8.15. The van der Waals surface area contributed by atoms with Gasteiger partial charge in [0, 0.05) is 5.56 Å². The van der Waals surface area contributed by atoms with Crippen molar-refractivity contribution < 1.29 is 13.6 Å². The number of thiophene rings is 1. The number of hydrogen-bond acceptors (Lipinski definition) is 6. The number of aromatic nitrogens is 2. The first kappa shape index (κ1) is 22.3. The highest BCUT2D eigenvalue weighted by molar-refractivity contribution is 7.13. The van der Waals surface area contributed by atoms with Crippen molar-refractivity contribution in [3.05, 3.63) is 53.9 Å². The van der Waals surface area contributed by atoms with Gasteiger partial charge in [-0.05, 0) is 54.3 Å². The summed E-state index contributed by atoms with van der Waals surface area (Å²) in [6.07, 6.45) is 10.4. The van der Waals surface area contributed by atoms with Crippen LogP contribution in [0.5, 0.6) is 5.75 Å². The fourth-order valence-electron chi connectivity index (χ4n) is 3.56. The van der Waals surface area contributed by atoms with Crippen molar-refractivity contribution in [3.8, 4) is 39.5 Å². The highest BCUT2D eigenvalue weighted by Crippen LogP contribution is 2.32. The van der Waals surface area contributed by atoms with Gasteiger partial charge in [0.15, 0.2) is 5.76 Å². The lowest BCUT2D eigenvalue weighted by atomic mass is 10.1. The fourth-order valence-corrected chi connectivity index (χ4v) is 4.25. The second-order valence-electron chi connectivity index (χ2n) is 7.90. The average molecular weight is 451 g/mol. The van der Waals surface area contributed by atoms with Gasteiger partial charge in [0.1, 0.15) is 11.5 Å². The van der Waals surface area contributed by atoms with E-state index >= 15 is 0 Å². The van der Waals surface area contributed by atoms with Crippen LogP contribution in [0.15, 0.2) is 62.7 Å². The summed E-state index contributed by atoms with van der Waals surface area (Å²) in [5.74, 6) is 3.06. The molecule has 0 aliphatic carbocycles. The van der Waals surface area contributed by atoms with Crippen LogP contribution in [0.1, 0.15) is 58.3 Å². The Balaban J connectivity index is 1.24. The molecule has 0 unspecified atom stereocenters. The van der Waals surface area contributed by atoms with E-state index in [2.05, 4.69) is 17.1 Å². The summed E-state index contributed by atoms with van der Waals surface area (Å²) in [5.41, 5.74) is 0.855. The average Bonchev–Trinajstić information content (AvgIpc) is 3.59. The summed E-state index contributed by atoms with van der Waals surface area (Å²) in [4.78, 5) is 1.07. The van der Waals surface area contributed by atoms with E-state index < -0.39 is 0 Å². The van der Waals surface area contributed by atoms with Gasteiger partial charge < -0.3 is 13.6 Å². The summed E-state index contributed by atoms with van der Waals surface area (Å²) in [7, 11) is 0. The van der Waals surface area contributed by atoms with Crippen molar-refractivity contribution in [3.63, 3.8) is 0 Å². The number of hydrogen-bond donors (Lipinski definition) is 0. The zero-order valence-corrected chi connectivity index (χ0v) is 19.4. The van der Waals surface area contributed by atoms with Crippen LogP contribution in [0, 0.1) is 0 Å². The molecule has 32 heavy (non-hydrogen) atoms. The predicted molar refractivity (Wildman–Crippen MR) is 129 cm³/mol. The largest absolute Gasteiger partial charge is 0.494 e. The third kappa shape index (κ3) is 6.10. The lowest BCUT2D eigenvalue weighted by Crippen LogP contribution is -1.97. The van der Waals surface area contributed by atoms with E-state index in [0.29, 0.717) is 17.5 Å². The van der Waals surface area contributed by atoms with E-state index in [-0.39, 0.29) is 0 Å². The maximum Gasteiger partial charge on any atom is 0.283 e. The highest BCUT2D eigenvalue weighted by atomic mass is 32.1. The molecule has 0 saturated carbocycles. The third-order valence-corrected chi connectivity index (χ3v) is 6.26. The van der Waals surface area contributed by atoms with Crippen molar-refractivity contribution in [2.24, 2.45) is 0 Å². The molecule has 0 radical (unpaired) electrons. The monoisotopic (exact) mass is 450 g/mol. The molecule has 4 aromatic rings. The first-order valence-electron chi connectivity index (χ1n) is 11.5. The van der Waals surface area contributed by atoms with E-state index in [9.17, 15) is 0 Å². The lowest BCUT2D eigenvalue weighted by molar-refractivity contribution is 0.304. The number of rotatable bonds is 13. The Morgan fingerprint density at radius 3 is 2.22 bits per heavy atom. The molecule has 0 spiro atoms. The molecule has 168 valence electrons. The van der Waals surface area contributed by atoms with Gasteiger partial charge in [-0.3, -0.25) is 0 Å². The second kappa shape index (κ2) is 11.7. The van der Waals surface area contributed by atoms with Gasteiger partial charge in [-0.1, -0.05) is 57.9 Å². The van der Waals surface area contributed by atoms with Crippen LogP contribution >= 0.6 is 11.3 Å². The molecule has 4 rings (SSSR count). The first-order chi connectivity index (χ1) is 15.8. The van der Waals surface area contributed by atoms with Gasteiger partial charge in [-0.15, -0.1) is 21.5 Å². The van der Waals surface area contributed by atoms with Crippen LogP contribution in [-0.2, 0) is 0 Å². The highest BCUT2D eigenvalue weighted by Gasteiger charge is 2.15. The molecule has 0 fully saturated rings. The van der Waals surface area contributed by atoms with Gasteiger partial charge in [-0.25, -0.2) is 0 Å². The standard InChI is InChI=1S/C26H30N2O3S/c1-2-3-4-5-6-7-8-9-18-29-21-14-12-20(13-15-21)25-27-28-26(31-25)23-17-16-22(30-23)24-11-10-19-32-24/h10-17,19H,2-9,18H2,1H3. The lowest BCUT2D eigenvalue weighted by Gasteiger charge is -2.06. The second-order valence-corrected chi connectivity index (χ2v) is 8.85. The molecule has 0 aliphatic heterocycles. The maximum atomic E-state index is 5.87. The Hall–Kier alpha value is -2.86. The van der Waals surface area contributed by atoms with Crippen molar-refractivity contribution in [1.82, 2.24) is 10.2 Å². The molecule has 1 aromatic carbocycles. The van der Waals surface area contributed by atoms with Gasteiger partial charge in [0.2, 0.25) is 5.89 Å². The van der Waals surface area contributed by atoms with Gasteiger partial charge >= 0.3 is 0 Å². The van der Waals surface area contributed by atoms with E-state index in [1.165, 1.54) is 44.9 Å². The molecule has 0 atom stereocenters. The minimum absolute atomic E-state index is 0.373. The van der Waals surface area contributed by atoms with Crippen LogP contribution in [0.3, 0.4) is 0 Å². The summed E-state index contributed by atoms with van der Waals surface area (Å²) < 4.78 is 17.6. The van der Waals surface area contributed by atoms with Gasteiger partial charge in [-0.2, -0.15) is 0 Å². The minimum Gasteiger partial charge on any atom is -0.494 e. The van der Waals surface area contributed by atoms with E-state index in [1.807, 2.05) is 53.9 Å². The summed E-state index contributed by atoms with van der Waals surface area (Å²) in [6, 6.07) is 15.6. The predicted octanol–water partition coefficient (Wildman–Crippen LogP) is 8.24. The molecule has 0 bridgehead atoms.